The van der Waals surface area contributed by atoms with Crippen LogP contribution in [-0.4, -0.2) is 45.4 Å². The number of nitrogens with one attached hydrogen (secondary N) is 1. The Balaban J connectivity index is 2.26. The lowest BCUT2D eigenvalue weighted by Gasteiger charge is -2.18. The van der Waals surface area contributed by atoms with Crippen LogP contribution in [0.3, 0.4) is 0 Å². The minimum atomic E-state index is -4.04. The van der Waals surface area contributed by atoms with Crippen molar-refractivity contribution in [3.63, 3.8) is 0 Å². The largest absolute Gasteiger partial charge is 0.449 e. The molecule has 0 spiro atoms. The van der Waals surface area contributed by atoms with Crippen molar-refractivity contribution >= 4 is 27.6 Å². The number of esters is 1. The van der Waals surface area contributed by atoms with E-state index in [4.69, 9.17) is 4.74 Å². The summed E-state index contributed by atoms with van der Waals surface area (Å²) in [7, 11) is -0.993. The Bertz CT molecular complexity index is 942. The molecule has 2 rings (SSSR count). The molecule has 0 aromatic heterocycles. The van der Waals surface area contributed by atoms with Crippen LogP contribution in [0, 0.1) is 5.82 Å². The van der Waals surface area contributed by atoms with Crippen LogP contribution in [0.1, 0.15) is 17.3 Å². The second-order valence-corrected chi connectivity index (χ2v) is 7.57. The average Bonchev–Trinajstić information content (AvgIpc) is 2.61. The minimum Gasteiger partial charge on any atom is -0.449 e. The number of benzene rings is 2. The van der Waals surface area contributed by atoms with E-state index in [0.717, 1.165) is 24.3 Å². The molecule has 0 heterocycles. The van der Waals surface area contributed by atoms with Crippen molar-refractivity contribution in [1.29, 1.82) is 0 Å². The highest BCUT2D eigenvalue weighted by Gasteiger charge is 2.23. The molecule has 0 radical (unpaired) electrons. The highest BCUT2D eigenvalue weighted by Crippen LogP contribution is 2.21. The third kappa shape index (κ3) is 5.04. The van der Waals surface area contributed by atoms with Gasteiger partial charge in [0.15, 0.2) is 6.10 Å². The topological polar surface area (TPSA) is 92.8 Å². The number of amides is 1. The highest BCUT2D eigenvalue weighted by atomic mass is 32.2. The summed E-state index contributed by atoms with van der Waals surface area (Å²) in [6.07, 6.45) is -1.03. The summed E-state index contributed by atoms with van der Waals surface area (Å²) in [5, 5.41) is 0. The molecule has 9 heteroatoms. The van der Waals surface area contributed by atoms with Gasteiger partial charge in [0, 0.05) is 14.1 Å². The summed E-state index contributed by atoms with van der Waals surface area (Å²) in [6.45, 7) is 1.42. The molecule has 2 aromatic rings. The molecule has 0 aliphatic rings. The molecule has 144 valence electrons. The lowest BCUT2D eigenvalue weighted by molar-refractivity contribution is -0.137. The fraction of sp³-hybridized carbons (Fsp3) is 0.222. The molecule has 0 fully saturated rings. The van der Waals surface area contributed by atoms with Gasteiger partial charge in [0.05, 0.1) is 16.1 Å². The fourth-order valence-electron chi connectivity index (χ4n) is 2.21. The average molecular weight is 394 g/mol. The van der Waals surface area contributed by atoms with Crippen LogP contribution in [-0.2, 0) is 19.6 Å². The van der Waals surface area contributed by atoms with Crippen LogP contribution in [0.2, 0.25) is 0 Å². The quantitative estimate of drug-likeness (QED) is 0.759. The van der Waals surface area contributed by atoms with Gasteiger partial charge in [-0.05, 0) is 43.3 Å². The Morgan fingerprint density at radius 1 is 1.07 bits per heavy atom. The summed E-state index contributed by atoms with van der Waals surface area (Å²) in [5.74, 6) is -1.83. The van der Waals surface area contributed by atoms with Gasteiger partial charge in [0.2, 0.25) is 0 Å². The van der Waals surface area contributed by atoms with E-state index >= 15 is 0 Å². The monoisotopic (exact) mass is 394 g/mol. The molecule has 0 aliphatic heterocycles. The molecule has 1 amide bonds. The molecule has 2 aromatic carbocycles. The standard InChI is InChI=1S/C18H19FN2O5S/c1-12(17(22)21(2)3)26-18(23)15-6-4-5-7-16(15)20-27(24,25)14-10-8-13(19)9-11-14/h4-12,20H,1-3H3/t12-/m1/s1. The zero-order chi connectivity index (χ0) is 20.2. The molecule has 0 saturated carbocycles. The van der Waals surface area contributed by atoms with Gasteiger partial charge in [-0.25, -0.2) is 17.6 Å². The molecular weight excluding hydrogens is 375 g/mol. The third-order valence-electron chi connectivity index (χ3n) is 3.59. The maximum atomic E-state index is 13.0. The van der Waals surface area contributed by atoms with Gasteiger partial charge in [0.1, 0.15) is 5.82 Å². The van der Waals surface area contributed by atoms with Crippen molar-refractivity contribution in [2.45, 2.75) is 17.9 Å². The van der Waals surface area contributed by atoms with E-state index < -0.39 is 33.8 Å². The predicted molar refractivity (Wildman–Crippen MR) is 97.2 cm³/mol. The number of hydrogen-bond acceptors (Lipinski definition) is 5. The second-order valence-electron chi connectivity index (χ2n) is 5.89. The van der Waals surface area contributed by atoms with Crippen LogP contribution in [0.25, 0.3) is 0 Å². The summed E-state index contributed by atoms with van der Waals surface area (Å²) >= 11 is 0. The predicted octanol–water partition coefficient (Wildman–Crippen LogP) is 2.26. The lowest BCUT2D eigenvalue weighted by Crippen LogP contribution is -2.35. The Labute approximate surface area is 156 Å². The first-order valence-corrected chi connectivity index (χ1v) is 9.39. The smallest absolute Gasteiger partial charge is 0.341 e. The van der Waals surface area contributed by atoms with Gasteiger partial charge in [-0.1, -0.05) is 12.1 Å². The van der Waals surface area contributed by atoms with Crippen LogP contribution in [0.4, 0.5) is 10.1 Å². The normalized spacial score (nSPS) is 12.1. The van der Waals surface area contributed by atoms with Gasteiger partial charge >= 0.3 is 5.97 Å². The number of likely N-dealkylation sites (N-methyl/N-ethyl adjacent to an activating group) is 1. The van der Waals surface area contributed by atoms with E-state index in [-0.39, 0.29) is 16.1 Å². The van der Waals surface area contributed by atoms with Gasteiger partial charge in [-0.15, -0.1) is 0 Å². The fourth-order valence-corrected chi connectivity index (χ4v) is 3.29. The molecule has 0 bridgehead atoms. The zero-order valence-electron chi connectivity index (χ0n) is 15.0. The van der Waals surface area contributed by atoms with Crippen LogP contribution in [0.5, 0.6) is 0 Å². The van der Waals surface area contributed by atoms with Crippen molar-refractivity contribution < 1.29 is 27.1 Å². The summed E-state index contributed by atoms with van der Waals surface area (Å²) in [5.41, 5.74) is -0.0714. The van der Waals surface area contributed by atoms with Crippen LogP contribution < -0.4 is 4.72 Å². The van der Waals surface area contributed by atoms with Crippen molar-refractivity contribution in [3.8, 4) is 0 Å². The zero-order valence-corrected chi connectivity index (χ0v) is 15.8. The van der Waals surface area contributed by atoms with Gasteiger partial charge in [-0.3, -0.25) is 9.52 Å². The summed E-state index contributed by atoms with van der Waals surface area (Å²) in [6, 6.07) is 10.1. The van der Waals surface area contributed by atoms with Crippen molar-refractivity contribution in [1.82, 2.24) is 4.90 Å². The molecular formula is C18H19FN2O5S. The molecule has 27 heavy (non-hydrogen) atoms. The Kier molecular flexibility index (Phi) is 6.17. The van der Waals surface area contributed by atoms with Crippen molar-refractivity contribution in [2.24, 2.45) is 0 Å². The van der Waals surface area contributed by atoms with E-state index in [2.05, 4.69) is 4.72 Å². The highest BCUT2D eigenvalue weighted by molar-refractivity contribution is 7.92. The number of sulfonamides is 1. The SMILES string of the molecule is C[C@@H](OC(=O)c1ccccc1NS(=O)(=O)c1ccc(F)cc1)C(=O)N(C)C. The van der Waals surface area contributed by atoms with Crippen LogP contribution in [0.15, 0.2) is 53.4 Å². The molecule has 1 atom stereocenters. The number of hydrogen-bond donors (Lipinski definition) is 1. The van der Waals surface area contributed by atoms with Gasteiger partial charge in [-0.2, -0.15) is 0 Å². The van der Waals surface area contributed by atoms with E-state index in [1.807, 2.05) is 0 Å². The molecule has 0 aliphatic carbocycles. The first-order valence-electron chi connectivity index (χ1n) is 7.91. The number of carbonyl (C=O) groups excluding carboxylic acids is 2. The number of rotatable bonds is 6. The van der Waals surface area contributed by atoms with E-state index in [1.54, 1.807) is 0 Å². The number of para-hydroxylation sites is 1. The number of carbonyl (C=O) groups is 2. The molecule has 7 nitrogen and oxygen atoms in total. The number of anilines is 1. The number of nitrogens with zero attached hydrogens (tertiary/aromatic N) is 1. The third-order valence-corrected chi connectivity index (χ3v) is 4.97. The van der Waals surface area contributed by atoms with E-state index in [9.17, 15) is 22.4 Å². The van der Waals surface area contributed by atoms with Crippen molar-refractivity contribution in [3.05, 3.63) is 59.9 Å². The molecule has 1 N–H and O–H groups in total. The van der Waals surface area contributed by atoms with Gasteiger partial charge in [0.25, 0.3) is 15.9 Å². The maximum Gasteiger partial charge on any atom is 0.341 e. The maximum absolute atomic E-state index is 13.0. The molecule has 0 unspecified atom stereocenters. The second kappa shape index (κ2) is 8.17. The number of halogens is 1. The van der Waals surface area contributed by atoms with E-state index in [0.29, 0.717) is 0 Å². The Hall–Kier alpha value is -2.94. The summed E-state index contributed by atoms with van der Waals surface area (Å²) in [4.78, 5) is 25.4. The molecule has 0 saturated heterocycles. The first kappa shape index (κ1) is 20.4. The van der Waals surface area contributed by atoms with E-state index in [1.165, 1.54) is 50.2 Å². The summed E-state index contributed by atoms with van der Waals surface area (Å²) < 4.78 is 45.3. The van der Waals surface area contributed by atoms with Crippen molar-refractivity contribution in [2.75, 3.05) is 18.8 Å². The van der Waals surface area contributed by atoms with Crippen LogP contribution >= 0.6 is 0 Å². The number of ether oxygens (including phenoxy) is 1. The lowest BCUT2D eigenvalue weighted by atomic mass is 10.2. The Morgan fingerprint density at radius 3 is 2.26 bits per heavy atom. The Morgan fingerprint density at radius 2 is 1.67 bits per heavy atom. The minimum absolute atomic E-state index is 0.0173. The first-order chi connectivity index (χ1) is 12.6. The van der Waals surface area contributed by atoms with Gasteiger partial charge < -0.3 is 9.64 Å².